The normalized spacial score (nSPS) is 34.4. The predicted molar refractivity (Wildman–Crippen MR) is 199 cm³/mol. The number of allylic oxidation sites excluding steroid dienone is 3. The van der Waals surface area contributed by atoms with Crippen LogP contribution in [-0.4, -0.2) is 109 Å². The Bertz CT molecular complexity index is 1620. The number of esters is 1. The number of hydrogen-bond donors (Lipinski definition) is 3. The number of fused-ring (bicyclic) bond motifs is 5. The fourth-order valence-corrected chi connectivity index (χ4v) is 7.49. The summed E-state index contributed by atoms with van der Waals surface area (Å²) in [6.45, 7) is 10.8. The summed E-state index contributed by atoms with van der Waals surface area (Å²) in [5.74, 6) is -1.76. The van der Waals surface area contributed by atoms with Crippen molar-refractivity contribution in [3.8, 4) is 5.75 Å². The number of hydrogen-bond acceptors (Lipinski definition) is 11. The maximum Gasteiger partial charge on any atom is 0.410 e. The largest absolute Gasteiger partial charge is 0.495 e. The lowest BCUT2D eigenvalue weighted by molar-refractivity contribution is -0.173. The fourth-order valence-electron chi connectivity index (χ4n) is 6.99. The first-order chi connectivity index (χ1) is 24.2. The number of alkyl carbamates (subject to hydrolysis) is 1. The third-order valence-corrected chi connectivity index (χ3v) is 11.5. The second-order valence-corrected chi connectivity index (χ2v) is 15.3. The van der Waals surface area contributed by atoms with Crippen LogP contribution in [0.3, 0.4) is 0 Å². The van der Waals surface area contributed by atoms with Gasteiger partial charge in [0.2, 0.25) is 5.91 Å². The molecule has 0 radical (unpaired) electrons. The van der Waals surface area contributed by atoms with Crippen molar-refractivity contribution in [1.82, 2.24) is 10.2 Å². The number of epoxide rings is 1. The summed E-state index contributed by atoms with van der Waals surface area (Å²) in [7, 11) is 5.95. The average Bonchev–Trinajstić information content (AvgIpc) is 3.76. The van der Waals surface area contributed by atoms with Crippen LogP contribution >= 0.6 is 24.2 Å². The third-order valence-electron chi connectivity index (χ3n) is 10.9. The number of methoxy groups -OCH3 is 2. The van der Waals surface area contributed by atoms with Gasteiger partial charge in [0.15, 0.2) is 11.8 Å². The molecule has 0 aliphatic carbocycles. The number of anilines is 1. The van der Waals surface area contributed by atoms with Crippen molar-refractivity contribution < 1.29 is 48.0 Å². The molecule has 1 aromatic rings. The van der Waals surface area contributed by atoms with E-state index in [-0.39, 0.29) is 36.1 Å². The maximum absolute atomic E-state index is 14.5. The number of likely N-dealkylation sites (N-methyl/N-ethyl adjacent to an activating group) is 2. The highest BCUT2D eigenvalue weighted by atomic mass is 35.5. The van der Waals surface area contributed by atoms with Gasteiger partial charge < -0.3 is 38.6 Å². The van der Waals surface area contributed by atoms with Gasteiger partial charge in [-0.15, -0.1) is 0 Å². The molecule has 2 fully saturated rings. The Morgan fingerprint density at radius 1 is 1.21 bits per heavy atom. The first-order valence-corrected chi connectivity index (χ1v) is 18.3. The van der Waals surface area contributed by atoms with Gasteiger partial charge in [-0.25, -0.2) is 9.59 Å². The lowest BCUT2D eigenvalue weighted by Gasteiger charge is -2.47. The van der Waals surface area contributed by atoms with Crippen molar-refractivity contribution in [2.75, 3.05) is 39.0 Å². The van der Waals surface area contributed by atoms with Gasteiger partial charge in [0.1, 0.15) is 28.5 Å². The average molecular weight is 766 g/mol. The van der Waals surface area contributed by atoms with Crippen LogP contribution in [0.1, 0.15) is 72.3 Å². The molecule has 4 rings (SSSR count). The van der Waals surface area contributed by atoms with E-state index in [4.69, 9.17) is 35.3 Å². The Morgan fingerprint density at radius 2 is 1.88 bits per heavy atom. The number of carbonyl (C=O) groups is 4. The summed E-state index contributed by atoms with van der Waals surface area (Å²) in [5.41, 5.74) is -2.09. The molecule has 2 saturated heterocycles. The second-order valence-electron chi connectivity index (χ2n) is 14.5. The Morgan fingerprint density at radius 3 is 2.50 bits per heavy atom. The molecule has 15 heteroatoms. The van der Waals surface area contributed by atoms with Crippen LogP contribution in [0.5, 0.6) is 5.75 Å². The van der Waals surface area contributed by atoms with E-state index in [1.165, 1.54) is 45.0 Å². The van der Waals surface area contributed by atoms with Crippen LogP contribution in [-0.2, 0) is 33.3 Å². The smallest absolute Gasteiger partial charge is 0.410 e. The van der Waals surface area contributed by atoms with Crippen molar-refractivity contribution in [2.45, 2.75) is 108 Å². The molecule has 0 spiro atoms. The van der Waals surface area contributed by atoms with Crippen LogP contribution in [0.15, 0.2) is 35.9 Å². The molecule has 2 N–H and O–H groups in total. The van der Waals surface area contributed by atoms with E-state index < -0.39 is 65.2 Å². The zero-order chi connectivity index (χ0) is 38.9. The number of nitrogens with zero attached hydrogens (tertiary/aromatic N) is 2. The first kappa shape index (κ1) is 41.5. The fraction of sp³-hybridized carbons (Fsp3) is 0.622. The minimum Gasteiger partial charge on any atom is -0.495 e. The van der Waals surface area contributed by atoms with Crippen LogP contribution in [0.2, 0.25) is 5.02 Å². The number of ether oxygens (including phenoxy) is 5. The summed E-state index contributed by atoms with van der Waals surface area (Å²) in [6.07, 6.45) is 1.53. The Kier molecular flexibility index (Phi) is 12.7. The summed E-state index contributed by atoms with van der Waals surface area (Å²) >= 11 is 10.9. The molecule has 3 aliphatic heterocycles. The van der Waals surface area contributed by atoms with Gasteiger partial charge in [0.05, 0.1) is 24.5 Å². The summed E-state index contributed by atoms with van der Waals surface area (Å²) in [5, 5.41) is 14.6. The van der Waals surface area contributed by atoms with Gasteiger partial charge in [0.25, 0.3) is 5.91 Å². The molecule has 3 unspecified atom stereocenters. The monoisotopic (exact) mass is 765 g/mol. The van der Waals surface area contributed by atoms with Crippen molar-refractivity contribution in [1.29, 1.82) is 0 Å². The Labute approximate surface area is 316 Å². The minimum absolute atomic E-state index is 0.0564. The van der Waals surface area contributed by atoms with E-state index in [1.807, 2.05) is 26.8 Å². The molecule has 288 valence electrons. The molecule has 9 atom stereocenters. The second kappa shape index (κ2) is 16.0. The SMILES string of the molecule is COc1cc2cc(c1Cl)N(C)C(=O)C(OC(=O)[C@H](C)N(C)C(=O)CCS)C[C@]1(C)O[C@H]1[C@H](C)[C@]1(C)C[C@@](O)(NC(=O)O1)C(OC)/C=C/C=C(\C)C2C. The van der Waals surface area contributed by atoms with Crippen LogP contribution in [0.25, 0.3) is 0 Å². The lowest BCUT2D eigenvalue weighted by Crippen LogP contribution is -2.67. The number of rotatable bonds is 7. The molecule has 52 heavy (non-hydrogen) atoms. The van der Waals surface area contributed by atoms with Crippen LogP contribution in [0.4, 0.5) is 10.5 Å². The van der Waals surface area contributed by atoms with Crippen LogP contribution < -0.4 is 15.0 Å². The molecule has 3 heterocycles. The topological polar surface area (TPSA) is 156 Å². The third kappa shape index (κ3) is 8.41. The molecule has 3 aliphatic rings. The van der Waals surface area contributed by atoms with Gasteiger partial charge >= 0.3 is 12.1 Å². The van der Waals surface area contributed by atoms with Crippen LogP contribution in [0, 0.1) is 5.92 Å². The van der Waals surface area contributed by atoms with E-state index >= 15 is 0 Å². The van der Waals surface area contributed by atoms with E-state index in [2.05, 4.69) is 17.9 Å². The highest BCUT2D eigenvalue weighted by molar-refractivity contribution is 7.80. The Hall–Kier alpha value is -3.30. The summed E-state index contributed by atoms with van der Waals surface area (Å²) < 4.78 is 29.3. The van der Waals surface area contributed by atoms with E-state index in [0.717, 1.165) is 11.1 Å². The summed E-state index contributed by atoms with van der Waals surface area (Å²) in [6, 6.07) is 2.56. The number of amides is 3. The number of benzene rings is 1. The minimum atomic E-state index is -1.84. The zero-order valence-corrected chi connectivity index (χ0v) is 33.2. The number of thiol groups is 1. The van der Waals surface area contributed by atoms with Gasteiger partial charge in [-0.05, 0) is 51.1 Å². The van der Waals surface area contributed by atoms with Gasteiger partial charge in [0, 0.05) is 52.3 Å². The highest BCUT2D eigenvalue weighted by Gasteiger charge is 2.64. The Balaban J connectivity index is 1.84. The van der Waals surface area contributed by atoms with Crippen molar-refractivity contribution in [2.24, 2.45) is 5.92 Å². The molecule has 0 aromatic heterocycles. The first-order valence-electron chi connectivity index (χ1n) is 17.3. The molecule has 13 nitrogen and oxygen atoms in total. The molecular formula is C37H52ClN3O10S. The quantitative estimate of drug-likeness (QED) is 0.201. The van der Waals surface area contributed by atoms with Gasteiger partial charge in [-0.2, -0.15) is 12.6 Å². The molecule has 4 bridgehead atoms. The number of carbonyl (C=O) groups excluding carboxylic acids is 4. The predicted octanol–water partition coefficient (Wildman–Crippen LogP) is 4.79. The lowest BCUT2D eigenvalue weighted by atomic mass is 9.76. The number of nitrogens with one attached hydrogen (secondary N) is 1. The molecular weight excluding hydrogens is 714 g/mol. The molecule has 0 saturated carbocycles. The van der Waals surface area contributed by atoms with E-state index in [9.17, 15) is 24.3 Å². The standard InChI is InChI=1S/C37H52ClN3O10S/c1-20-12-11-13-28(48-10)37(46)19-36(6,51-34(45)39-37)22(3)31-35(5,50-31)18-27(49-33(44)23(4)40(7)29(42)14-15-52)32(43)41(8)25-16-24(21(20)2)17-26(47-9)30(25)38/h11-13,16-17,21-23,27-28,31,46,52H,14-15,18-19H2,1-10H3,(H,39,45)/b13-11+,20-12+/t21?,22-,23-,27?,28?,31-,35-,36-,37-/m0/s1. The molecule has 1 aromatic carbocycles. The molecule has 3 amide bonds. The van der Waals surface area contributed by atoms with Crippen molar-refractivity contribution in [3.05, 3.63) is 46.5 Å². The zero-order valence-electron chi connectivity index (χ0n) is 31.5. The highest BCUT2D eigenvalue weighted by Crippen LogP contribution is 2.51. The van der Waals surface area contributed by atoms with Crippen molar-refractivity contribution >= 4 is 53.8 Å². The van der Waals surface area contributed by atoms with Crippen molar-refractivity contribution in [3.63, 3.8) is 0 Å². The van der Waals surface area contributed by atoms with Gasteiger partial charge in [-0.3, -0.25) is 14.9 Å². The van der Waals surface area contributed by atoms with E-state index in [1.54, 1.807) is 38.1 Å². The summed E-state index contributed by atoms with van der Waals surface area (Å²) in [4.78, 5) is 56.3. The number of halogens is 1. The number of aliphatic hydroxyl groups is 1. The maximum atomic E-state index is 14.5. The van der Waals surface area contributed by atoms with Gasteiger partial charge in [-0.1, -0.05) is 49.2 Å². The van der Waals surface area contributed by atoms with E-state index in [0.29, 0.717) is 17.2 Å².